The number of benzene rings is 2. The van der Waals surface area contributed by atoms with Gasteiger partial charge in [0.1, 0.15) is 28.9 Å². The number of rotatable bonds is 8. The van der Waals surface area contributed by atoms with Gasteiger partial charge in [-0.05, 0) is 42.0 Å². The van der Waals surface area contributed by atoms with Crippen molar-refractivity contribution in [3.8, 4) is 11.5 Å². The lowest BCUT2D eigenvalue weighted by Gasteiger charge is -2.05. The van der Waals surface area contributed by atoms with Gasteiger partial charge in [-0.2, -0.15) is 11.8 Å². The largest absolute Gasteiger partial charge is 0.497 e. The number of nitrogens with zero attached hydrogens (tertiary/aromatic N) is 1. The Hall–Kier alpha value is -2.05. The molecular formula is C19H18FNO2S2. The molecular weight excluding hydrogens is 357 g/mol. The van der Waals surface area contributed by atoms with Gasteiger partial charge < -0.3 is 9.47 Å². The Morgan fingerprint density at radius 1 is 1.00 bits per heavy atom. The summed E-state index contributed by atoms with van der Waals surface area (Å²) in [5.74, 6) is 3.08. The number of aromatic nitrogens is 1. The molecule has 3 aromatic rings. The predicted molar refractivity (Wildman–Crippen MR) is 101 cm³/mol. The lowest BCUT2D eigenvalue weighted by Crippen LogP contribution is -1.95. The predicted octanol–water partition coefficient (Wildman–Crippen LogP) is 5.30. The minimum absolute atomic E-state index is 0.199. The van der Waals surface area contributed by atoms with E-state index in [-0.39, 0.29) is 5.82 Å². The smallest absolute Gasteiger partial charge is 0.140 e. The molecule has 0 fully saturated rings. The number of thioether (sulfide) groups is 1. The zero-order valence-corrected chi connectivity index (χ0v) is 15.4. The van der Waals surface area contributed by atoms with Crippen LogP contribution >= 0.6 is 23.1 Å². The zero-order chi connectivity index (χ0) is 17.5. The second-order valence-electron chi connectivity index (χ2n) is 5.32. The highest BCUT2D eigenvalue weighted by Gasteiger charge is 2.04. The van der Waals surface area contributed by atoms with Gasteiger partial charge in [-0.15, -0.1) is 11.3 Å². The molecule has 0 aliphatic heterocycles. The molecule has 0 radical (unpaired) electrons. The Balaban J connectivity index is 1.44. The highest BCUT2D eigenvalue weighted by molar-refractivity contribution is 7.97. The highest BCUT2D eigenvalue weighted by atomic mass is 32.2. The van der Waals surface area contributed by atoms with Gasteiger partial charge in [-0.1, -0.05) is 12.1 Å². The summed E-state index contributed by atoms with van der Waals surface area (Å²) in [6.07, 6.45) is 0. The van der Waals surface area contributed by atoms with Gasteiger partial charge in [0.15, 0.2) is 0 Å². The van der Waals surface area contributed by atoms with Crippen LogP contribution in [0, 0.1) is 5.82 Å². The van der Waals surface area contributed by atoms with E-state index in [0.29, 0.717) is 6.61 Å². The van der Waals surface area contributed by atoms with Gasteiger partial charge in [-0.25, -0.2) is 9.37 Å². The highest BCUT2D eigenvalue weighted by Crippen LogP contribution is 2.22. The quantitative estimate of drug-likeness (QED) is 0.534. The third-order valence-electron chi connectivity index (χ3n) is 3.45. The van der Waals surface area contributed by atoms with Crippen LogP contribution in [-0.2, 0) is 18.1 Å². The van der Waals surface area contributed by atoms with Crippen LogP contribution in [0.5, 0.6) is 11.5 Å². The number of methoxy groups -OCH3 is 1. The van der Waals surface area contributed by atoms with E-state index in [1.807, 2.05) is 36.4 Å². The van der Waals surface area contributed by atoms with Crippen molar-refractivity contribution in [3.05, 3.63) is 76.0 Å². The van der Waals surface area contributed by atoms with E-state index in [2.05, 4.69) is 10.4 Å². The van der Waals surface area contributed by atoms with Crippen molar-refractivity contribution in [3.63, 3.8) is 0 Å². The number of hydrogen-bond acceptors (Lipinski definition) is 5. The van der Waals surface area contributed by atoms with E-state index in [9.17, 15) is 4.39 Å². The maximum absolute atomic E-state index is 12.9. The molecule has 3 nitrogen and oxygen atoms in total. The third kappa shape index (κ3) is 5.47. The average Bonchev–Trinajstić information content (AvgIpc) is 3.10. The number of hydrogen-bond donors (Lipinski definition) is 0. The normalized spacial score (nSPS) is 10.6. The summed E-state index contributed by atoms with van der Waals surface area (Å²) < 4.78 is 23.7. The molecule has 0 aliphatic rings. The van der Waals surface area contributed by atoms with Gasteiger partial charge in [0.2, 0.25) is 0 Å². The van der Waals surface area contributed by atoms with Crippen LogP contribution in [-0.4, -0.2) is 12.1 Å². The second-order valence-corrected chi connectivity index (χ2v) is 7.24. The Labute approximate surface area is 154 Å². The minimum atomic E-state index is -0.199. The zero-order valence-electron chi connectivity index (χ0n) is 13.8. The molecule has 0 unspecified atom stereocenters. The molecule has 0 atom stereocenters. The van der Waals surface area contributed by atoms with Crippen molar-refractivity contribution in [2.45, 2.75) is 18.1 Å². The Morgan fingerprint density at radius 2 is 1.72 bits per heavy atom. The van der Waals surface area contributed by atoms with Gasteiger partial charge in [0, 0.05) is 16.9 Å². The fraction of sp³-hybridized carbons (Fsp3) is 0.211. The van der Waals surface area contributed by atoms with Gasteiger partial charge >= 0.3 is 0 Å². The standard InChI is InChI=1S/C19H18FNO2S2/c1-22-17-6-8-18(9-7-17)23-10-19-21-16(13-25-19)12-24-11-14-2-4-15(20)5-3-14/h2-9,13H,10-12H2,1H3. The summed E-state index contributed by atoms with van der Waals surface area (Å²) in [6.45, 7) is 0.458. The summed E-state index contributed by atoms with van der Waals surface area (Å²) in [5, 5.41) is 3.01. The minimum Gasteiger partial charge on any atom is -0.497 e. The van der Waals surface area contributed by atoms with E-state index in [1.165, 1.54) is 12.1 Å². The Bertz CT molecular complexity index is 788. The van der Waals surface area contributed by atoms with Crippen molar-refractivity contribution in [2.24, 2.45) is 0 Å². The monoisotopic (exact) mass is 375 g/mol. The van der Waals surface area contributed by atoms with E-state index >= 15 is 0 Å². The van der Waals surface area contributed by atoms with Crippen LogP contribution in [0.15, 0.2) is 53.9 Å². The van der Waals surface area contributed by atoms with Gasteiger partial charge in [0.25, 0.3) is 0 Å². The van der Waals surface area contributed by atoms with Crippen molar-refractivity contribution < 1.29 is 13.9 Å². The van der Waals surface area contributed by atoms with Crippen LogP contribution in [0.4, 0.5) is 4.39 Å². The summed E-state index contributed by atoms with van der Waals surface area (Å²) in [5.41, 5.74) is 2.16. The molecule has 25 heavy (non-hydrogen) atoms. The molecule has 0 saturated heterocycles. The van der Waals surface area contributed by atoms with Crippen molar-refractivity contribution >= 4 is 23.1 Å². The van der Waals surface area contributed by atoms with E-state index in [1.54, 1.807) is 30.2 Å². The van der Waals surface area contributed by atoms with Crippen LogP contribution in [0.25, 0.3) is 0 Å². The van der Waals surface area contributed by atoms with Crippen LogP contribution in [0.2, 0.25) is 0 Å². The third-order valence-corrected chi connectivity index (χ3v) is 5.36. The maximum atomic E-state index is 12.9. The number of ether oxygens (including phenoxy) is 2. The topological polar surface area (TPSA) is 31.4 Å². The molecule has 0 saturated carbocycles. The summed E-state index contributed by atoms with van der Waals surface area (Å²) >= 11 is 3.37. The molecule has 0 aliphatic carbocycles. The fourth-order valence-corrected chi connectivity index (χ4v) is 3.85. The Morgan fingerprint density at radius 3 is 2.44 bits per heavy atom. The molecule has 0 N–H and O–H groups in total. The molecule has 1 aromatic heterocycles. The molecule has 3 rings (SSSR count). The van der Waals surface area contributed by atoms with Gasteiger partial charge in [-0.3, -0.25) is 0 Å². The van der Waals surface area contributed by atoms with Crippen LogP contribution in [0.1, 0.15) is 16.3 Å². The van der Waals surface area contributed by atoms with E-state index in [0.717, 1.165) is 39.3 Å². The second kappa shape index (κ2) is 8.87. The molecule has 0 spiro atoms. The first kappa shape index (κ1) is 17.8. The van der Waals surface area contributed by atoms with Gasteiger partial charge in [0.05, 0.1) is 12.8 Å². The van der Waals surface area contributed by atoms with Crippen LogP contribution in [0.3, 0.4) is 0 Å². The first-order valence-corrected chi connectivity index (χ1v) is 9.78. The van der Waals surface area contributed by atoms with Crippen molar-refractivity contribution in [1.82, 2.24) is 4.98 Å². The van der Waals surface area contributed by atoms with E-state index < -0.39 is 0 Å². The first-order chi connectivity index (χ1) is 12.2. The molecule has 1 heterocycles. The summed E-state index contributed by atoms with van der Waals surface area (Å²) in [4.78, 5) is 4.59. The number of thiazole rings is 1. The maximum Gasteiger partial charge on any atom is 0.140 e. The number of halogens is 1. The average molecular weight is 375 g/mol. The van der Waals surface area contributed by atoms with Crippen LogP contribution < -0.4 is 9.47 Å². The first-order valence-electron chi connectivity index (χ1n) is 7.75. The van der Waals surface area contributed by atoms with E-state index in [4.69, 9.17) is 9.47 Å². The molecule has 6 heteroatoms. The summed E-state index contributed by atoms with van der Waals surface area (Å²) in [6, 6.07) is 14.1. The molecule has 0 bridgehead atoms. The fourth-order valence-electron chi connectivity index (χ4n) is 2.15. The molecule has 130 valence electrons. The van der Waals surface area contributed by atoms with Crippen molar-refractivity contribution in [1.29, 1.82) is 0 Å². The van der Waals surface area contributed by atoms with Crippen molar-refractivity contribution in [2.75, 3.05) is 7.11 Å². The summed E-state index contributed by atoms with van der Waals surface area (Å²) in [7, 11) is 1.64. The molecule has 2 aromatic carbocycles. The lowest BCUT2D eigenvalue weighted by atomic mass is 10.2. The lowest BCUT2D eigenvalue weighted by molar-refractivity contribution is 0.304. The Kier molecular flexibility index (Phi) is 6.30. The SMILES string of the molecule is COc1ccc(OCc2nc(CSCc3ccc(F)cc3)cs2)cc1. The molecule has 0 amide bonds.